The summed E-state index contributed by atoms with van der Waals surface area (Å²) in [6.07, 6.45) is 5.08. The third kappa shape index (κ3) is 5.97. The Labute approximate surface area is 363 Å². The second-order valence-electron chi connectivity index (χ2n) is 19.1. The molecule has 0 unspecified atom stereocenters. The molecule has 2 atom stereocenters. The Kier molecular flexibility index (Phi) is 9.04. The number of hydrogen-bond acceptors (Lipinski definition) is 4. The quantitative estimate of drug-likeness (QED) is 0.165. The van der Waals surface area contributed by atoms with Gasteiger partial charge in [-0.1, -0.05) is 111 Å². The molecule has 0 radical (unpaired) electrons. The van der Waals surface area contributed by atoms with E-state index in [9.17, 15) is 0 Å². The second-order valence-corrected chi connectivity index (χ2v) is 19.1. The van der Waals surface area contributed by atoms with E-state index < -0.39 is 0 Å². The number of aryl methyl sites for hydroxylation is 3. The zero-order valence-electron chi connectivity index (χ0n) is 35.9. The first kappa shape index (κ1) is 39.5. The minimum atomic E-state index is -0.331. The summed E-state index contributed by atoms with van der Waals surface area (Å²) < 4.78 is 9.22. The molecule has 2 aliphatic heterocycles. The number of nitrogens with zero attached hydrogens (tertiary/aromatic N) is 4. The Balaban J connectivity index is 0.00000449. The molecule has 1 saturated carbocycles. The van der Waals surface area contributed by atoms with E-state index in [4.69, 9.17) is 14.7 Å². The first-order valence-electron chi connectivity index (χ1n) is 20.9. The Morgan fingerprint density at radius 3 is 2.27 bits per heavy atom. The fraction of sp³-hybridized carbons (Fsp3) is 0.321. The van der Waals surface area contributed by atoms with Crippen molar-refractivity contribution >= 4 is 44.8 Å². The number of hydrogen-bond donors (Lipinski definition) is 0. The largest absolute Gasteiger partial charge is 2.00 e. The predicted molar refractivity (Wildman–Crippen MR) is 240 cm³/mol. The Hall–Kier alpha value is -4.99. The van der Waals surface area contributed by atoms with Crippen LogP contribution in [0, 0.1) is 32.9 Å². The summed E-state index contributed by atoms with van der Waals surface area (Å²) in [7, 11) is 0. The van der Waals surface area contributed by atoms with Crippen LogP contribution in [0.2, 0.25) is 0 Å². The van der Waals surface area contributed by atoms with Crippen LogP contribution in [0.1, 0.15) is 107 Å². The number of aliphatic imine (C=N–C) groups is 1. The number of aromatic nitrogens is 2. The summed E-state index contributed by atoms with van der Waals surface area (Å²) in [5, 5.41) is 2.37. The molecule has 59 heavy (non-hydrogen) atoms. The molecule has 0 saturated heterocycles. The molecule has 1 fully saturated rings. The zero-order valence-corrected chi connectivity index (χ0v) is 38.1. The van der Waals surface area contributed by atoms with Crippen LogP contribution in [0.3, 0.4) is 0 Å². The first-order chi connectivity index (χ1) is 27.6. The van der Waals surface area contributed by atoms with Crippen LogP contribution in [-0.4, -0.2) is 26.6 Å². The molecule has 7 aromatic rings. The van der Waals surface area contributed by atoms with Crippen molar-refractivity contribution in [2.75, 3.05) is 4.90 Å². The summed E-state index contributed by atoms with van der Waals surface area (Å²) >= 11 is 0. The molecule has 5 aromatic carbocycles. The number of benzene rings is 5. The zero-order chi connectivity index (χ0) is 40.5. The molecule has 3 aliphatic rings. The van der Waals surface area contributed by atoms with Gasteiger partial charge in [0.1, 0.15) is 17.3 Å². The van der Waals surface area contributed by atoms with Gasteiger partial charge in [-0.2, -0.15) is 6.07 Å². The molecule has 6 heteroatoms. The second kappa shape index (κ2) is 13.5. The first-order valence-corrected chi connectivity index (χ1v) is 20.9. The smallest absolute Gasteiger partial charge is 0.512 e. The topological polar surface area (TPSA) is 42.7 Å². The van der Waals surface area contributed by atoms with Crippen molar-refractivity contribution in [1.29, 1.82) is 0 Å². The molecule has 4 heterocycles. The van der Waals surface area contributed by atoms with Crippen molar-refractivity contribution in [2.45, 2.75) is 110 Å². The maximum absolute atomic E-state index is 6.91. The van der Waals surface area contributed by atoms with E-state index in [1.54, 1.807) is 0 Å². The fourth-order valence-electron chi connectivity index (χ4n) is 10.1. The van der Waals surface area contributed by atoms with Crippen LogP contribution < -0.4 is 4.90 Å². The average molecular weight is 956 g/mol. The molecule has 0 amide bonds. The van der Waals surface area contributed by atoms with Gasteiger partial charge in [0.25, 0.3) is 0 Å². The van der Waals surface area contributed by atoms with Crippen molar-refractivity contribution in [3.63, 3.8) is 0 Å². The van der Waals surface area contributed by atoms with E-state index >= 15 is 0 Å². The number of ether oxygens (including phenoxy) is 1. The van der Waals surface area contributed by atoms with Crippen molar-refractivity contribution < 1.29 is 25.8 Å². The molecule has 1 aliphatic carbocycles. The average Bonchev–Trinajstić information content (AvgIpc) is 3.75. The van der Waals surface area contributed by atoms with Gasteiger partial charge < -0.3 is 14.2 Å². The van der Waals surface area contributed by atoms with Gasteiger partial charge in [0.05, 0.1) is 5.54 Å². The van der Waals surface area contributed by atoms with E-state index in [1.165, 1.54) is 49.7 Å². The summed E-state index contributed by atoms with van der Waals surface area (Å²) in [4.78, 5) is 12.8. The van der Waals surface area contributed by atoms with Gasteiger partial charge in [-0.25, -0.2) is 4.98 Å². The van der Waals surface area contributed by atoms with Crippen LogP contribution in [-0.2, 0) is 36.6 Å². The maximum Gasteiger partial charge on any atom is 2.00 e. The van der Waals surface area contributed by atoms with Gasteiger partial charge in [0, 0.05) is 17.4 Å². The minimum absolute atomic E-state index is 0. The summed E-state index contributed by atoms with van der Waals surface area (Å²) in [6.45, 7) is 22.6. The number of rotatable bonds is 4. The van der Waals surface area contributed by atoms with Gasteiger partial charge in [-0.05, 0) is 128 Å². The minimum Gasteiger partial charge on any atom is -0.512 e. The molecular formula is C53H52N4OPt. The third-order valence-corrected chi connectivity index (χ3v) is 13.7. The molecule has 2 aromatic heterocycles. The number of para-hydroxylation sites is 1. The van der Waals surface area contributed by atoms with Crippen LogP contribution in [0.5, 0.6) is 0 Å². The van der Waals surface area contributed by atoms with E-state index in [2.05, 4.69) is 182 Å². The van der Waals surface area contributed by atoms with E-state index in [0.29, 0.717) is 5.90 Å². The van der Waals surface area contributed by atoms with Crippen molar-refractivity contribution in [3.05, 3.63) is 148 Å². The molecular weight excluding hydrogens is 904 g/mol. The Morgan fingerprint density at radius 2 is 1.53 bits per heavy atom. The summed E-state index contributed by atoms with van der Waals surface area (Å²) in [5.41, 5.74) is 14.9. The third-order valence-electron chi connectivity index (χ3n) is 13.7. The van der Waals surface area contributed by atoms with Gasteiger partial charge in [-0.15, -0.1) is 35.2 Å². The maximum atomic E-state index is 6.91. The van der Waals surface area contributed by atoms with E-state index in [1.807, 2.05) is 6.20 Å². The van der Waals surface area contributed by atoms with Gasteiger partial charge in [0.15, 0.2) is 0 Å². The fourth-order valence-corrected chi connectivity index (χ4v) is 10.1. The number of pyridine rings is 1. The number of anilines is 3. The normalized spacial score (nSPS) is 20.5. The van der Waals surface area contributed by atoms with Crippen LogP contribution >= 0.6 is 0 Å². The number of fused-ring (bicyclic) bond motifs is 6. The molecule has 10 rings (SSSR count). The summed E-state index contributed by atoms with van der Waals surface area (Å²) in [5.74, 6) is 1.58. The van der Waals surface area contributed by atoms with Crippen LogP contribution in [0.15, 0.2) is 102 Å². The molecule has 0 spiro atoms. The molecule has 0 bridgehead atoms. The van der Waals surface area contributed by atoms with E-state index in [0.717, 1.165) is 64.3 Å². The Bertz CT molecular complexity index is 2870. The standard InChI is InChI=1S/C53H52N4O.Pt/c1-32-19-20-43-39(25-32)40-30-42-46(31-45(40)57(43)47-29-37(21-24-54-47)50(4,5)6)56(44-18-12-11-17-41(44)51(42,7)8)38-27-35(48-33(2)15-13-16-34(48)3)26-36(28-38)49-55-52(9)22-14-23-53(52,10)58-49;/h11-13,15-21,24-27,29-30H,14,22-23H2,1-10H3;/q-2;+2/t52-,53+;/m1./s1. The molecule has 300 valence electrons. The molecule has 0 N–H and O–H groups in total. The monoisotopic (exact) mass is 955 g/mol. The predicted octanol–water partition coefficient (Wildman–Crippen LogP) is 13.3. The van der Waals surface area contributed by atoms with Gasteiger partial charge in [0.2, 0.25) is 0 Å². The van der Waals surface area contributed by atoms with Crippen molar-refractivity contribution in [3.8, 4) is 16.9 Å². The Morgan fingerprint density at radius 1 is 0.763 bits per heavy atom. The molecule has 5 nitrogen and oxygen atoms in total. The van der Waals surface area contributed by atoms with Crippen LogP contribution in [0.4, 0.5) is 17.1 Å². The van der Waals surface area contributed by atoms with Crippen LogP contribution in [0.25, 0.3) is 38.8 Å². The van der Waals surface area contributed by atoms with Crippen molar-refractivity contribution in [2.24, 2.45) is 4.99 Å². The van der Waals surface area contributed by atoms with Gasteiger partial charge >= 0.3 is 21.1 Å². The summed E-state index contributed by atoms with van der Waals surface area (Å²) in [6, 6.07) is 41.6. The van der Waals surface area contributed by atoms with E-state index in [-0.39, 0.29) is 43.0 Å². The van der Waals surface area contributed by atoms with Gasteiger partial charge in [-0.3, -0.25) is 4.99 Å². The SMILES string of the molecule is Cc1ccc2c(c1)c1cc3c([c-]c1n2-c1cc(C(C)(C)C)ccn1)N(c1[c-]c(C2=N[C@]4(C)CCC[C@]4(C)O2)cc(-c2c(C)cccc2C)c1)c1ccccc1C3(C)C.[Pt+2]. The van der Waals surface area contributed by atoms with Crippen molar-refractivity contribution in [1.82, 2.24) is 9.55 Å².